The van der Waals surface area contributed by atoms with Crippen LogP contribution in [-0.2, 0) is 11.8 Å². The highest BCUT2D eigenvalue weighted by atomic mass is 32.1. The number of carbonyl (C=O) groups excluding carboxylic acids is 1. The molecule has 0 aromatic carbocycles. The van der Waals surface area contributed by atoms with Gasteiger partial charge in [-0.1, -0.05) is 6.07 Å². The van der Waals surface area contributed by atoms with Gasteiger partial charge in [-0.2, -0.15) is 24.5 Å². The van der Waals surface area contributed by atoms with Gasteiger partial charge in [0.05, 0.1) is 12.1 Å². The number of alkyl halides is 3. The van der Waals surface area contributed by atoms with E-state index >= 15 is 0 Å². The van der Waals surface area contributed by atoms with Crippen LogP contribution in [0.25, 0.3) is 0 Å². The molecule has 1 atom stereocenters. The Kier molecular flexibility index (Phi) is 5.12. The Morgan fingerprint density at radius 3 is 2.54 bits per heavy atom. The van der Waals surface area contributed by atoms with E-state index in [0.717, 1.165) is 18.3 Å². The molecule has 0 spiro atoms. The largest absolute Gasteiger partial charge is 0.433 e. The molecule has 3 aromatic heterocycles. The summed E-state index contributed by atoms with van der Waals surface area (Å²) in [5.41, 5.74) is -1.86. The molecule has 0 fully saturated rings. The number of rotatable bonds is 5. The van der Waals surface area contributed by atoms with Crippen LogP contribution in [0.1, 0.15) is 26.5 Å². The van der Waals surface area contributed by atoms with Crippen LogP contribution in [0.4, 0.5) is 13.2 Å². The summed E-state index contributed by atoms with van der Waals surface area (Å²) in [6.45, 7) is -0.121. The number of hydrogen-bond donors (Lipinski definition) is 2. The highest BCUT2D eigenvalue weighted by molar-refractivity contribution is 7.10. The van der Waals surface area contributed by atoms with E-state index in [2.05, 4.69) is 10.3 Å². The first-order chi connectivity index (χ1) is 12.3. The van der Waals surface area contributed by atoms with E-state index in [4.69, 9.17) is 0 Å². The van der Waals surface area contributed by atoms with Crippen LogP contribution in [0.2, 0.25) is 0 Å². The zero-order chi connectivity index (χ0) is 18.8. The molecule has 0 saturated carbocycles. The molecule has 3 heterocycles. The Hall–Kier alpha value is -2.23. The van der Waals surface area contributed by atoms with Crippen LogP contribution >= 0.6 is 22.7 Å². The van der Waals surface area contributed by atoms with Crippen molar-refractivity contribution in [3.05, 3.63) is 74.4 Å². The number of carbonyl (C=O) groups is 1. The van der Waals surface area contributed by atoms with Gasteiger partial charge in [0.1, 0.15) is 11.3 Å². The molecule has 0 aliphatic rings. The van der Waals surface area contributed by atoms with E-state index in [1.165, 1.54) is 22.7 Å². The summed E-state index contributed by atoms with van der Waals surface area (Å²) in [7, 11) is 0. The number of pyridine rings is 1. The van der Waals surface area contributed by atoms with E-state index in [9.17, 15) is 23.1 Å². The number of amides is 1. The first-order valence-corrected chi connectivity index (χ1v) is 9.23. The summed E-state index contributed by atoms with van der Waals surface area (Å²) >= 11 is 2.76. The molecule has 0 aliphatic heterocycles. The lowest BCUT2D eigenvalue weighted by Gasteiger charge is -2.27. The molecule has 1 amide bonds. The molecule has 0 saturated heterocycles. The van der Waals surface area contributed by atoms with E-state index in [1.54, 1.807) is 23.6 Å². The molecular formula is C17H13F3N2O2S2. The average Bonchev–Trinajstić information content (AvgIpc) is 3.32. The van der Waals surface area contributed by atoms with Gasteiger partial charge in [-0.15, -0.1) is 11.3 Å². The molecular weight excluding hydrogens is 385 g/mol. The topological polar surface area (TPSA) is 62.2 Å². The van der Waals surface area contributed by atoms with Gasteiger partial charge in [-0.25, -0.2) is 0 Å². The number of aromatic nitrogens is 1. The standard InChI is InChI=1S/C17H13F3N2O2S2/c18-17(19,20)13-4-3-11(8-21-13)15(23)22-10-16(24,12-5-7-25-9-12)14-2-1-6-26-14/h1-9,24H,10H2,(H,22,23). The first kappa shape index (κ1) is 18.6. The molecule has 26 heavy (non-hydrogen) atoms. The molecule has 0 bridgehead atoms. The van der Waals surface area contributed by atoms with Gasteiger partial charge >= 0.3 is 6.18 Å². The van der Waals surface area contributed by atoms with Crippen LogP contribution in [0.15, 0.2) is 52.7 Å². The van der Waals surface area contributed by atoms with E-state index in [0.29, 0.717) is 10.4 Å². The molecule has 2 N–H and O–H groups in total. The predicted molar refractivity (Wildman–Crippen MR) is 93.2 cm³/mol. The third-order valence-corrected chi connectivity index (χ3v) is 5.45. The minimum atomic E-state index is -4.56. The lowest BCUT2D eigenvalue weighted by atomic mass is 9.94. The van der Waals surface area contributed by atoms with Gasteiger partial charge < -0.3 is 10.4 Å². The second kappa shape index (κ2) is 7.18. The van der Waals surface area contributed by atoms with E-state index in [-0.39, 0.29) is 12.1 Å². The van der Waals surface area contributed by atoms with Gasteiger partial charge in [-0.05, 0) is 40.4 Å². The lowest BCUT2D eigenvalue weighted by Crippen LogP contribution is -2.41. The third kappa shape index (κ3) is 3.79. The summed E-state index contributed by atoms with van der Waals surface area (Å²) in [5.74, 6) is -0.614. The summed E-state index contributed by atoms with van der Waals surface area (Å²) in [6, 6.07) is 7.11. The Labute approximate surface area is 155 Å². The van der Waals surface area contributed by atoms with Crippen molar-refractivity contribution in [2.45, 2.75) is 11.8 Å². The maximum Gasteiger partial charge on any atom is 0.433 e. The molecule has 1 unspecified atom stereocenters. The highest BCUT2D eigenvalue weighted by Crippen LogP contribution is 2.33. The molecule has 0 radical (unpaired) electrons. The van der Waals surface area contributed by atoms with Crippen LogP contribution in [0.5, 0.6) is 0 Å². The van der Waals surface area contributed by atoms with Crippen molar-refractivity contribution in [2.24, 2.45) is 0 Å². The van der Waals surface area contributed by atoms with Crippen molar-refractivity contribution in [3.63, 3.8) is 0 Å². The number of hydrogen-bond acceptors (Lipinski definition) is 5. The first-order valence-electron chi connectivity index (χ1n) is 7.41. The van der Waals surface area contributed by atoms with Gasteiger partial charge in [0.15, 0.2) is 0 Å². The average molecular weight is 398 g/mol. The van der Waals surface area contributed by atoms with Crippen LogP contribution in [0, 0.1) is 0 Å². The fraction of sp³-hybridized carbons (Fsp3) is 0.176. The molecule has 3 aromatic rings. The second-order valence-electron chi connectivity index (χ2n) is 5.46. The van der Waals surface area contributed by atoms with Crippen molar-refractivity contribution in [3.8, 4) is 0 Å². The molecule has 136 valence electrons. The maximum atomic E-state index is 12.5. The van der Waals surface area contributed by atoms with E-state index < -0.39 is 23.4 Å². The normalized spacial score (nSPS) is 14.0. The zero-order valence-electron chi connectivity index (χ0n) is 13.2. The molecule has 9 heteroatoms. The predicted octanol–water partition coefficient (Wildman–Crippen LogP) is 3.89. The SMILES string of the molecule is O=C(NCC(O)(c1ccsc1)c1cccs1)c1ccc(C(F)(F)F)nc1. The second-order valence-corrected chi connectivity index (χ2v) is 7.19. The minimum absolute atomic E-state index is 0.0168. The van der Waals surface area contributed by atoms with Gasteiger partial charge in [-0.3, -0.25) is 9.78 Å². The fourth-order valence-electron chi connectivity index (χ4n) is 2.35. The number of halogens is 3. The van der Waals surface area contributed by atoms with Gasteiger partial charge in [0, 0.05) is 16.6 Å². The van der Waals surface area contributed by atoms with Crippen molar-refractivity contribution in [2.75, 3.05) is 6.54 Å². The highest BCUT2D eigenvalue weighted by Gasteiger charge is 2.34. The maximum absolute atomic E-state index is 12.5. The Morgan fingerprint density at radius 2 is 2.00 bits per heavy atom. The van der Waals surface area contributed by atoms with Gasteiger partial charge in [0.25, 0.3) is 5.91 Å². The van der Waals surface area contributed by atoms with Gasteiger partial charge in [0.2, 0.25) is 0 Å². The number of nitrogens with zero attached hydrogens (tertiary/aromatic N) is 1. The summed E-state index contributed by atoms with van der Waals surface area (Å²) in [4.78, 5) is 16.2. The Balaban J connectivity index is 1.76. The number of aliphatic hydroxyl groups is 1. The minimum Gasteiger partial charge on any atom is -0.378 e. The van der Waals surface area contributed by atoms with Crippen molar-refractivity contribution < 1.29 is 23.1 Å². The zero-order valence-corrected chi connectivity index (χ0v) is 14.8. The number of nitrogens with one attached hydrogen (secondary N) is 1. The van der Waals surface area contributed by atoms with Crippen LogP contribution < -0.4 is 5.32 Å². The number of thiophene rings is 2. The third-order valence-electron chi connectivity index (χ3n) is 3.75. The fourth-order valence-corrected chi connectivity index (χ4v) is 3.92. The summed E-state index contributed by atoms with van der Waals surface area (Å²) in [5, 5.41) is 19.1. The van der Waals surface area contributed by atoms with Crippen LogP contribution in [0.3, 0.4) is 0 Å². The quantitative estimate of drug-likeness (QED) is 0.686. The molecule has 3 rings (SSSR count). The monoisotopic (exact) mass is 398 g/mol. The van der Waals surface area contributed by atoms with Crippen LogP contribution in [-0.4, -0.2) is 22.5 Å². The Morgan fingerprint density at radius 1 is 1.19 bits per heavy atom. The van der Waals surface area contributed by atoms with Crippen molar-refractivity contribution in [1.82, 2.24) is 10.3 Å². The Bertz CT molecular complexity index is 826. The van der Waals surface area contributed by atoms with E-state index in [1.807, 2.05) is 10.8 Å². The summed E-state index contributed by atoms with van der Waals surface area (Å²) < 4.78 is 37.6. The molecule has 0 aliphatic carbocycles. The van der Waals surface area contributed by atoms with Crippen molar-refractivity contribution in [1.29, 1.82) is 0 Å². The lowest BCUT2D eigenvalue weighted by molar-refractivity contribution is -0.141. The molecule has 4 nitrogen and oxygen atoms in total. The smallest absolute Gasteiger partial charge is 0.378 e. The summed E-state index contributed by atoms with van der Waals surface area (Å²) in [6.07, 6.45) is -3.69. The van der Waals surface area contributed by atoms with Crippen molar-refractivity contribution >= 4 is 28.6 Å².